The molecule has 1 aromatic rings. The number of hydrogen-bond donors (Lipinski definition) is 0. The van der Waals surface area contributed by atoms with Gasteiger partial charge in [0, 0.05) is 0 Å². The Morgan fingerprint density at radius 2 is 1.94 bits per heavy atom. The molecule has 0 bridgehead atoms. The fraction of sp³-hybridized carbons (Fsp3) is 0.533. The minimum absolute atomic E-state index is 0.279. The molecule has 0 N–H and O–H groups in total. The maximum absolute atomic E-state index is 9.54. The second-order valence-electron chi connectivity index (χ2n) is 4.94. The highest BCUT2D eigenvalue weighted by molar-refractivity contribution is 5.42. The number of ether oxygens (including phenoxy) is 1. The van der Waals surface area contributed by atoms with Gasteiger partial charge in [-0.2, -0.15) is 5.26 Å². The second-order valence-corrected chi connectivity index (χ2v) is 4.94. The van der Waals surface area contributed by atoms with E-state index in [-0.39, 0.29) is 5.41 Å². The van der Waals surface area contributed by atoms with E-state index in [1.807, 2.05) is 13.0 Å². The van der Waals surface area contributed by atoms with Gasteiger partial charge < -0.3 is 4.74 Å². The second kappa shape index (κ2) is 4.79. The molecule has 0 amide bonds. The first-order valence-electron chi connectivity index (χ1n) is 6.28. The third kappa shape index (κ3) is 2.15. The van der Waals surface area contributed by atoms with Crippen LogP contribution in [0.15, 0.2) is 18.2 Å². The zero-order valence-electron chi connectivity index (χ0n) is 10.6. The average molecular weight is 229 g/mol. The number of rotatable bonds is 2. The molecule has 0 aliphatic heterocycles. The molecule has 2 nitrogen and oxygen atoms in total. The largest absolute Gasteiger partial charge is 0.496 e. The molecule has 2 rings (SSSR count). The average Bonchev–Trinajstić information content (AvgIpc) is 2.40. The van der Waals surface area contributed by atoms with Crippen molar-refractivity contribution >= 4 is 0 Å². The Morgan fingerprint density at radius 1 is 1.24 bits per heavy atom. The van der Waals surface area contributed by atoms with E-state index in [9.17, 15) is 5.26 Å². The number of nitriles is 1. The summed E-state index contributed by atoms with van der Waals surface area (Å²) in [4.78, 5) is 0. The number of methoxy groups -OCH3 is 1. The molecule has 0 heterocycles. The lowest BCUT2D eigenvalue weighted by Crippen LogP contribution is -2.27. The molecule has 0 aromatic heterocycles. The van der Waals surface area contributed by atoms with Crippen LogP contribution in [0.5, 0.6) is 5.75 Å². The smallest absolute Gasteiger partial charge is 0.122 e. The zero-order chi connectivity index (χ0) is 12.3. The van der Waals surface area contributed by atoms with Crippen LogP contribution in [0.3, 0.4) is 0 Å². The highest BCUT2D eigenvalue weighted by atomic mass is 16.5. The molecule has 2 heteroatoms. The Kier molecular flexibility index (Phi) is 3.38. The summed E-state index contributed by atoms with van der Waals surface area (Å²) < 4.78 is 5.36. The van der Waals surface area contributed by atoms with Crippen molar-refractivity contribution in [3.8, 4) is 11.8 Å². The summed E-state index contributed by atoms with van der Waals surface area (Å²) in [6, 6.07) is 8.74. The van der Waals surface area contributed by atoms with E-state index in [1.54, 1.807) is 7.11 Å². The van der Waals surface area contributed by atoms with Crippen molar-refractivity contribution in [2.24, 2.45) is 0 Å². The van der Waals surface area contributed by atoms with Gasteiger partial charge in [0.25, 0.3) is 0 Å². The first-order valence-corrected chi connectivity index (χ1v) is 6.28. The monoisotopic (exact) mass is 229 g/mol. The molecular formula is C15H19NO. The molecule has 1 aliphatic carbocycles. The van der Waals surface area contributed by atoms with Crippen LogP contribution in [0, 0.1) is 18.3 Å². The Morgan fingerprint density at radius 3 is 2.53 bits per heavy atom. The number of nitrogens with zero attached hydrogens (tertiary/aromatic N) is 1. The van der Waals surface area contributed by atoms with Crippen molar-refractivity contribution in [1.29, 1.82) is 5.26 Å². The summed E-state index contributed by atoms with van der Waals surface area (Å²) in [5.74, 6) is 0.891. The van der Waals surface area contributed by atoms with Crippen LogP contribution in [-0.4, -0.2) is 7.11 Å². The maximum atomic E-state index is 9.54. The lowest BCUT2D eigenvalue weighted by Gasteiger charge is -2.31. The van der Waals surface area contributed by atoms with Crippen molar-refractivity contribution in [3.05, 3.63) is 29.3 Å². The Labute approximate surface area is 103 Å². The van der Waals surface area contributed by atoms with E-state index >= 15 is 0 Å². The summed E-state index contributed by atoms with van der Waals surface area (Å²) in [7, 11) is 1.69. The first-order chi connectivity index (χ1) is 8.22. The van der Waals surface area contributed by atoms with Crippen molar-refractivity contribution in [3.63, 3.8) is 0 Å². The molecule has 0 unspecified atom stereocenters. The molecule has 1 aliphatic rings. The normalized spacial score (nSPS) is 18.4. The van der Waals surface area contributed by atoms with Crippen molar-refractivity contribution in [2.75, 3.05) is 7.11 Å². The minimum Gasteiger partial charge on any atom is -0.496 e. The van der Waals surface area contributed by atoms with Crippen LogP contribution in [0.25, 0.3) is 0 Å². The van der Waals surface area contributed by atoms with Gasteiger partial charge in [-0.05, 0) is 37.0 Å². The quantitative estimate of drug-likeness (QED) is 0.774. The van der Waals surface area contributed by atoms with Gasteiger partial charge in [0.15, 0.2) is 0 Å². The van der Waals surface area contributed by atoms with Gasteiger partial charge >= 0.3 is 0 Å². The Hall–Kier alpha value is -1.49. The van der Waals surface area contributed by atoms with Crippen LogP contribution in [-0.2, 0) is 5.41 Å². The van der Waals surface area contributed by atoms with E-state index in [1.165, 1.54) is 6.42 Å². The van der Waals surface area contributed by atoms with Gasteiger partial charge in [-0.15, -0.1) is 0 Å². The lowest BCUT2D eigenvalue weighted by molar-refractivity contribution is 0.362. The predicted octanol–water partition coefficient (Wildman–Crippen LogP) is 3.73. The standard InChI is InChI=1S/C15H19NO/c1-12-6-7-13(10-14(12)17-2)15(11-16)8-4-3-5-9-15/h6-7,10H,3-5,8-9H2,1-2H3. The SMILES string of the molecule is COc1cc(C2(C#N)CCCCC2)ccc1C. The molecule has 1 fully saturated rings. The Balaban J connectivity index is 2.40. The van der Waals surface area contributed by atoms with Gasteiger partial charge in [0.1, 0.15) is 5.75 Å². The molecule has 1 saturated carbocycles. The lowest BCUT2D eigenvalue weighted by atomic mass is 9.70. The molecule has 0 spiro atoms. The fourth-order valence-corrected chi connectivity index (χ4v) is 2.74. The number of benzene rings is 1. The topological polar surface area (TPSA) is 33.0 Å². The third-order valence-electron chi connectivity index (χ3n) is 3.88. The van der Waals surface area contributed by atoms with Crippen LogP contribution >= 0.6 is 0 Å². The highest BCUT2D eigenvalue weighted by Gasteiger charge is 2.34. The summed E-state index contributed by atoms with van der Waals surface area (Å²) in [5.41, 5.74) is 1.97. The van der Waals surface area contributed by atoms with Gasteiger partial charge in [-0.3, -0.25) is 0 Å². The molecule has 0 atom stereocenters. The van der Waals surface area contributed by atoms with E-state index in [2.05, 4.69) is 18.2 Å². The van der Waals surface area contributed by atoms with Crippen LogP contribution in [0.4, 0.5) is 0 Å². The molecular weight excluding hydrogens is 210 g/mol. The molecule has 0 radical (unpaired) electrons. The number of aryl methyl sites for hydroxylation is 1. The van der Waals surface area contributed by atoms with Crippen LogP contribution in [0.1, 0.15) is 43.2 Å². The highest BCUT2D eigenvalue weighted by Crippen LogP contribution is 2.40. The van der Waals surface area contributed by atoms with Crippen molar-refractivity contribution in [2.45, 2.75) is 44.4 Å². The van der Waals surface area contributed by atoms with Crippen LogP contribution < -0.4 is 4.74 Å². The van der Waals surface area contributed by atoms with E-state index in [0.29, 0.717) is 0 Å². The van der Waals surface area contributed by atoms with Gasteiger partial charge in [-0.1, -0.05) is 31.4 Å². The summed E-state index contributed by atoms with van der Waals surface area (Å²) >= 11 is 0. The summed E-state index contributed by atoms with van der Waals surface area (Å²) in [6.07, 6.45) is 5.53. The number of hydrogen-bond acceptors (Lipinski definition) is 2. The predicted molar refractivity (Wildman–Crippen MR) is 68.1 cm³/mol. The third-order valence-corrected chi connectivity index (χ3v) is 3.88. The fourth-order valence-electron chi connectivity index (χ4n) is 2.74. The molecule has 17 heavy (non-hydrogen) atoms. The van der Waals surface area contributed by atoms with E-state index in [0.717, 1.165) is 42.6 Å². The van der Waals surface area contributed by atoms with Gasteiger partial charge in [0.2, 0.25) is 0 Å². The first kappa shape index (κ1) is 12.0. The van der Waals surface area contributed by atoms with Crippen molar-refractivity contribution < 1.29 is 4.74 Å². The van der Waals surface area contributed by atoms with E-state index < -0.39 is 0 Å². The van der Waals surface area contributed by atoms with Crippen LogP contribution in [0.2, 0.25) is 0 Å². The van der Waals surface area contributed by atoms with Gasteiger partial charge in [0.05, 0.1) is 18.6 Å². The molecule has 1 aromatic carbocycles. The minimum atomic E-state index is -0.279. The summed E-state index contributed by atoms with van der Waals surface area (Å²) in [5, 5.41) is 9.54. The maximum Gasteiger partial charge on any atom is 0.122 e. The van der Waals surface area contributed by atoms with Crippen molar-refractivity contribution in [1.82, 2.24) is 0 Å². The van der Waals surface area contributed by atoms with Gasteiger partial charge in [-0.25, -0.2) is 0 Å². The molecule has 90 valence electrons. The Bertz CT molecular complexity index is 439. The zero-order valence-corrected chi connectivity index (χ0v) is 10.6. The summed E-state index contributed by atoms with van der Waals surface area (Å²) in [6.45, 7) is 2.03. The van der Waals surface area contributed by atoms with E-state index in [4.69, 9.17) is 4.74 Å². The molecule has 0 saturated heterocycles.